The second-order valence-electron chi connectivity index (χ2n) is 7.95. The van der Waals surface area contributed by atoms with Gasteiger partial charge >= 0.3 is 0 Å². The predicted molar refractivity (Wildman–Crippen MR) is 131 cm³/mol. The van der Waals surface area contributed by atoms with E-state index in [9.17, 15) is 22.4 Å². The van der Waals surface area contributed by atoms with Gasteiger partial charge in [0.15, 0.2) is 0 Å². The smallest absolute Gasteiger partial charge is 0.244 e. The van der Waals surface area contributed by atoms with Gasteiger partial charge in [-0.15, -0.1) is 0 Å². The van der Waals surface area contributed by atoms with Gasteiger partial charge < -0.3 is 10.2 Å². The number of carbonyl (C=O) groups is 2. The summed E-state index contributed by atoms with van der Waals surface area (Å²) >= 11 is 0. The zero-order valence-electron chi connectivity index (χ0n) is 19.4. The third-order valence-corrected chi connectivity index (χ3v) is 6.66. The molecule has 1 N–H and O–H groups in total. The number of amides is 2. The number of carbonyl (C=O) groups excluding carboxylic acids is 2. The molecule has 0 saturated heterocycles. The highest BCUT2D eigenvalue weighted by molar-refractivity contribution is 7.92. The molecule has 9 heteroatoms. The number of fused-ring (bicyclic) bond motifs is 1. The molecule has 34 heavy (non-hydrogen) atoms. The average molecular weight is 486 g/mol. The minimum absolute atomic E-state index is 0.184. The van der Waals surface area contributed by atoms with E-state index >= 15 is 0 Å². The van der Waals surface area contributed by atoms with Crippen molar-refractivity contribution < 1.29 is 22.4 Å². The van der Waals surface area contributed by atoms with Crippen LogP contribution in [0.25, 0.3) is 10.8 Å². The summed E-state index contributed by atoms with van der Waals surface area (Å²) in [6.45, 7) is 2.92. The first-order valence-electron chi connectivity index (χ1n) is 10.9. The Labute approximate surface area is 199 Å². The molecule has 0 aliphatic rings. The zero-order chi connectivity index (χ0) is 24.9. The number of hydrogen-bond donors (Lipinski definition) is 1. The summed E-state index contributed by atoms with van der Waals surface area (Å²) < 4.78 is 40.9. The Bertz CT molecular complexity index is 1290. The van der Waals surface area contributed by atoms with Gasteiger partial charge in [-0.1, -0.05) is 54.6 Å². The highest BCUT2D eigenvalue weighted by atomic mass is 32.2. The van der Waals surface area contributed by atoms with Crippen molar-refractivity contribution in [2.24, 2.45) is 0 Å². The van der Waals surface area contributed by atoms with Crippen LogP contribution in [-0.2, 0) is 26.2 Å². The zero-order valence-corrected chi connectivity index (χ0v) is 20.2. The molecule has 0 aromatic heterocycles. The van der Waals surface area contributed by atoms with Gasteiger partial charge in [0.25, 0.3) is 0 Å². The molecule has 0 fully saturated rings. The van der Waals surface area contributed by atoms with Crippen LogP contribution < -0.4 is 9.62 Å². The molecule has 1 atom stereocenters. The minimum Gasteiger partial charge on any atom is -0.355 e. The van der Waals surface area contributed by atoms with Crippen molar-refractivity contribution in [1.82, 2.24) is 10.2 Å². The second kappa shape index (κ2) is 10.6. The number of likely N-dealkylation sites (N-methyl/N-ethyl adjacent to an activating group) is 1. The van der Waals surface area contributed by atoms with E-state index in [1.165, 1.54) is 30.0 Å². The monoisotopic (exact) mass is 485 g/mol. The highest BCUT2D eigenvalue weighted by Crippen LogP contribution is 2.28. The summed E-state index contributed by atoms with van der Waals surface area (Å²) in [5, 5.41) is 4.15. The van der Waals surface area contributed by atoms with Gasteiger partial charge in [0, 0.05) is 24.0 Å². The van der Waals surface area contributed by atoms with E-state index in [0.717, 1.165) is 15.9 Å². The number of anilines is 1. The molecule has 0 aliphatic carbocycles. The Morgan fingerprint density at radius 2 is 1.65 bits per heavy atom. The van der Waals surface area contributed by atoms with Crippen LogP contribution in [0.2, 0.25) is 0 Å². The average Bonchev–Trinajstić information content (AvgIpc) is 2.80. The van der Waals surface area contributed by atoms with E-state index in [1.807, 2.05) is 18.2 Å². The van der Waals surface area contributed by atoms with Gasteiger partial charge in [-0.2, -0.15) is 0 Å². The third-order valence-electron chi connectivity index (χ3n) is 5.53. The van der Waals surface area contributed by atoms with Crippen LogP contribution in [0, 0.1) is 5.82 Å². The maximum atomic E-state index is 14.4. The number of nitrogens with zero attached hydrogens (tertiary/aromatic N) is 2. The number of rotatable bonds is 9. The number of sulfonamides is 1. The quantitative estimate of drug-likeness (QED) is 0.504. The maximum Gasteiger partial charge on any atom is 0.244 e. The molecule has 0 radical (unpaired) electrons. The molecular weight excluding hydrogens is 457 g/mol. The lowest BCUT2D eigenvalue weighted by Gasteiger charge is -2.31. The van der Waals surface area contributed by atoms with E-state index in [1.54, 1.807) is 37.3 Å². The summed E-state index contributed by atoms with van der Waals surface area (Å²) in [5.74, 6) is -1.55. The molecule has 2 amide bonds. The SMILES string of the molecule is CCNC(=O)[C@@H](C)N(Cc1ccccc1F)C(=O)CN(c1cccc2ccccc12)S(C)(=O)=O. The molecule has 0 unspecified atom stereocenters. The number of benzene rings is 3. The molecule has 0 aliphatic heterocycles. The van der Waals surface area contributed by atoms with Gasteiger partial charge in [-0.05, 0) is 31.4 Å². The molecule has 0 bridgehead atoms. The van der Waals surface area contributed by atoms with E-state index in [4.69, 9.17) is 0 Å². The predicted octanol–water partition coefficient (Wildman–Crippen LogP) is 3.30. The van der Waals surface area contributed by atoms with Crippen LogP contribution in [0.3, 0.4) is 0 Å². The Morgan fingerprint density at radius 1 is 1.00 bits per heavy atom. The molecule has 7 nitrogen and oxygen atoms in total. The molecule has 0 heterocycles. The lowest BCUT2D eigenvalue weighted by molar-refractivity contribution is -0.139. The van der Waals surface area contributed by atoms with Crippen molar-refractivity contribution in [2.45, 2.75) is 26.4 Å². The Morgan fingerprint density at radius 3 is 2.32 bits per heavy atom. The third kappa shape index (κ3) is 5.72. The number of halogens is 1. The second-order valence-corrected chi connectivity index (χ2v) is 9.86. The minimum atomic E-state index is -3.86. The Kier molecular flexibility index (Phi) is 7.88. The first kappa shape index (κ1) is 25.2. The lowest BCUT2D eigenvalue weighted by atomic mass is 10.1. The van der Waals surface area contributed by atoms with Gasteiger partial charge in [-0.3, -0.25) is 13.9 Å². The van der Waals surface area contributed by atoms with Crippen LogP contribution in [0.5, 0.6) is 0 Å². The molecule has 0 spiro atoms. The summed E-state index contributed by atoms with van der Waals surface area (Å²) in [5.41, 5.74) is 0.577. The van der Waals surface area contributed by atoms with Gasteiger partial charge in [0.1, 0.15) is 18.4 Å². The van der Waals surface area contributed by atoms with Crippen LogP contribution >= 0.6 is 0 Å². The van der Waals surface area contributed by atoms with E-state index in [-0.39, 0.29) is 12.1 Å². The van der Waals surface area contributed by atoms with Crippen LogP contribution in [0.4, 0.5) is 10.1 Å². The Hall–Kier alpha value is -3.46. The summed E-state index contributed by atoms with van der Waals surface area (Å²) in [6.07, 6.45) is 1.02. The van der Waals surface area contributed by atoms with E-state index < -0.39 is 40.2 Å². The molecule has 180 valence electrons. The number of nitrogens with one attached hydrogen (secondary N) is 1. The Balaban J connectivity index is 2.01. The largest absolute Gasteiger partial charge is 0.355 e. The lowest BCUT2D eigenvalue weighted by Crippen LogP contribution is -2.51. The topological polar surface area (TPSA) is 86.8 Å². The summed E-state index contributed by atoms with van der Waals surface area (Å²) in [7, 11) is -3.86. The fourth-order valence-electron chi connectivity index (χ4n) is 3.74. The van der Waals surface area contributed by atoms with Crippen molar-refractivity contribution in [1.29, 1.82) is 0 Å². The first-order valence-corrected chi connectivity index (χ1v) is 12.7. The van der Waals surface area contributed by atoms with Crippen molar-refractivity contribution in [2.75, 3.05) is 23.7 Å². The number of hydrogen-bond acceptors (Lipinski definition) is 4. The molecular formula is C25H28FN3O4S. The molecule has 3 aromatic rings. The fourth-order valence-corrected chi connectivity index (χ4v) is 4.60. The standard InChI is InChI=1S/C25H28FN3O4S/c1-4-27-25(31)18(2)28(16-20-11-6-8-14-22(20)26)24(30)17-29(34(3,32)33)23-15-9-12-19-10-5-7-13-21(19)23/h5-15,18H,4,16-17H2,1-3H3,(H,27,31)/t18-/m1/s1. The van der Waals surface area contributed by atoms with E-state index in [0.29, 0.717) is 17.6 Å². The van der Waals surface area contributed by atoms with Crippen molar-refractivity contribution in [3.05, 3.63) is 78.1 Å². The molecule has 3 aromatic carbocycles. The normalized spacial score (nSPS) is 12.2. The molecule has 0 saturated carbocycles. The highest BCUT2D eigenvalue weighted by Gasteiger charge is 2.30. The van der Waals surface area contributed by atoms with Crippen molar-refractivity contribution in [3.8, 4) is 0 Å². The van der Waals surface area contributed by atoms with Crippen LogP contribution in [0.15, 0.2) is 66.7 Å². The van der Waals surface area contributed by atoms with E-state index in [2.05, 4.69) is 5.32 Å². The first-order chi connectivity index (χ1) is 16.1. The van der Waals surface area contributed by atoms with Gasteiger partial charge in [-0.25, -0.2) is 12.8 Å². The summed E-state index contributed by atoms with van der Waals surface area (Å²) in [6, 6.07) is 17.5. The fraction of sp³-hybridized carbons (Fsp3) is 0.280. The van der Waals surface area contributed by atoms with Gasteiger partial charge in [0.2, 0.25) is 21.8 Å². The van der Waals surface area contributed by atoms with Crippen LogP contribution in [0.1, 0.15) is 19.4 Å². The van der Waals surface area contributed by atoms with Crippen molar-refractivity contribution in [3.63, 3.8) is 0 Å². The van der Waals surface area contributed by atoms with Crippen LogP contribution in [-0.4, -0.2) is 50.5 Å². The summed E-state index contributed by atoms with van der Waals surface area (Å²) in [4.78, 5) is 27.3. The maximum absolute atomic E-state index is 14.4. The van der Waals surface area contributed by atoms with Crippen molar-refractivity contribution >= 4 is 38.3 Å². The van der Waals surface area contributed by atoms with Gasteiger partial charge in [0.05, 0.1) is 11.9 Å². The molecule has 3 rings (SSSR count).